The van der Waals surface area contributed by atoms with E-state index in [1.165, 1.54) is 6.07 Å². The number of hydrogen-bond acceptors (Lipinski definition) is 2. The summed E-state index contributed by atoms with van der Waals surface area (Å²) in [4.78, 5) is 0. The molecule has 0 saturated carbocycles. The van der Waals surface area contributed by atoms with Gasteiger partial charge in [-0.15, -0.1) is 0 Å². The highest BCUT2D eigenvalue weighted by Gasteiger charge is 2.10. The van der Waals surface area contributed by atoms with Crippen LogP contribution in [0, 0.1) is 5.82 Å². The van der Waals surface area contributed by atoms with E-state index >= 15 is 0 Å². The van der Waals surface area contributed by atoms with E-state index in [9.17, 15) is 4.39 Å². The maximum atomic E-state index is 13.3. The smallest absolute Gasteiger partial charge is 0.142 e. The SMILES string of the molecule is CC(C)Oc1ccccc1NC(C)c1cccc(F)c1. The van der Waals surface area contributed by atoms with Gasteiger partial charge in [0.25, 0.3) is 0 Å². The second-order valence-corrected chi connectivity index (χ2v) is 5.08. The van der Waals surface area contributed by atoms with E-state index in [-0.39, 0.29) is 18.0 Å². The van der Waals surface area contributed by atoms with Gasteiger partial charge in [-0.1, -0.05) is 24.3 Å². The summed E-state index contributed by atoms with van der Waals surface area (Å²) in [6.45, 7) is 5.99. The highest BCUT2D eigenvalue weighted by molar-refractivity contribution is 5.57. The van der Waals surface area contributed by atoms with Crippen LogP contribution >= 0.6 is 0 Å². The van der Waals surface area contributed by atoms with E-state index in [0.717, 1.165) is 17.0 Å². The molecule has 2 aromatic carbocycles. The molecule has 3 heteroatoms. The van der Waals surface area contributed by atoms with Crippen LogP contribution in [-0.4, -0.2) is 6.10 Å². The fourth-order valence-electron chi connectivity index (χ4n) is 2.04. The lowest BCUT2D eigenvalue weighted by Gasteiger charge is -2.20. The highest BCUT2D eigenvalue weighted by atomic mass is 19.1. The number of halogens is 1. The molecular weight excluding hydrogens is 253 g/mol. The molecule has 0 amide bonds. The predicted molar refractivity (Wildman–Crippen MR) is 80.6 cm³/mol. The molecule has 106 valence electrons. The van der Waals surface area contributed by atoms with Crippen molar-refractivity contribution in [3.8, 4) is 5.75 Å². The molecule has 0 aliphatic heterocycles. The van der Waals surface area contributed by atoms with Crippen molar-refractivity contribution in [2.24, 2.45) is 0 Å². The molecule has 0 aliphatic rings. The Morgan fingerprint density at radius 1 is 1.00 bits per heavy atom. The van der Waals surface area contributed by atoms with Crippen molar-refractivity contribution in [2.75, 3.05) is 5.32 Å². The number of hydrogen-bond donors (Lipinski definition) is 1. The van der Waals surface area contributed by atoms with Crippen LogP contribution in [-0.2, 0) is 0 Å². The average molecular weight is 273 g/mol. The van der Waals surface area contributed by atoms with Crippen LogP contribution in [0.3, 0.4) is 0 Å². The Hall–Kier alpha value is -2.03. The lowest BCUT2D eigenvalue weighted by Crippen LogP contribution is -2.11. The standard InChI is InChI=1S/C17H20FNO/c1-12(2)20-17-10-5-4-9-16(17)19-13(3)14-7-6-8-15(18)11-14/h4-13,19H,1-3H3. The van der Waals surface area contributed by atoms with Gasteiger partial charge >= 0.3 is 0 Å². The van der Waals surface area contributed by atoms with Crippen molar-refractivity contribution in [1.82, 2.24) is 0 Å². The second-order valence-electron chi connectivity index (χ2n) is 5.08. The number of benzene rings is 2. The highest BCUT2D eigenvalue weighted by Crippen LogP contribution is 2.28. The van der Waals surface area contributed by atoms with Gasteiger partial charge in [-0.3, -0.25) is 0 Å². The number of rotatable bonds is 5. The maximum Gasteiger partial charge on any atom is 0.142 e. The molecule has 2 rings (SSSR count). The molecule has 1 unspecified atom stereocenters. The van der Waals surface area contributed by atoms with Crippen LogP contribution in [0.15, 0.2) is 48.5 Å². The number of para-hydroxylation sites is 2. The summed E-state index contributed by atoms with van der Waals surface area (Å²) in [5.41, 5.74) is 1.82. The second kappa shape index (κ2) is 6.42. The quantitative estimate of drug-likeness (QED) is 0.846. The van der Waals surface area contributed by atoms with E-state index in [1.54, 1.807) is 12.1 Å². The molecule has 2 nitrogen and oxygen atoms in total. The predicted octanol–water partition coefficient (Wildman–Crippen LogP) is 4.79. The molecule has 1 N–H and O–H groups in total. The van der Waals surface area contributed by atoms with Gasteiger partial charge in [-0.25, -0.2) is 4.39 Å². The third kappa shape index (κ3) is 3.73. The molecule has 0 fully saturated rings. The Balaban J connectivity index is 2.17. The van der Waals surface area contributed by atoms with Crippen LogP contribution in [0.1, 0.15) is 32.4 Å². The molecular formula is C17H20FNO. The maximum absolute atomic E-state index is 13.3. The van der Waals surface area contributed by atoms with Crippen molar-refractivity contribution in [3.05, 3.63) is 59.9 Å². The molecule has 0 aromatic heterocycles. The minimum atomic E-state index is -0.220. The summed E-state index contributed by atoms with van der Waals surface area (Å²) < 4.78 is 19.0. The molecule has 0 radical (unpaired) electrons. The van der Waals surface area contributed by atoms with E-state index in [0.29, 0.717) is 0 Å². The average Bonchev–Trinajstić information content (AvgIpc) is 2.40. The van der Waals surface area contributed by atoms with Gasteiger partial charge in [0, 0.05) is 6.04 Å². The summed E-state index contributed by atoms with van der Waals surface area (Å²) in [6.07, 6.45) is 0.113. The van der Waals surface area contributed by atoms with Crippen molar-refractivity contribution in [2.45, 2.75) is 32.9 Å². The molecule has 0 saturated heterocycles. The minimum Gasteiger partial charge on any atom is -0.489 e. The summed E-state index contributed by atoms with van der Waals surface area (Å²) in [6, 6.07) is 14.4. The van der Waals surface area contributed by atoms with E-state index in [4.69, 9.17) is 4.74 Å². The van der Waals surface area contributed by atoms with Gasteiger partial charge in [0.15, 0.2) is 0 Å². The lowest BCUT2D eigenvalue weighted by molar-refractivity contribution is 0.243. The van der Waals surface area contributed by atoms with E-state index < -0.39 is 0 Å². The molecule has 2 aromatic rings. The van der Waals surface area contributed by atoms with Crippen LogP contribution in [0.25, 0.3) is 0 Å². The Bertz CT molecular complexity index is 568. The summed E-state index contributed by atoms with van der Waals surface area (Å²) >= 11 is 0. The Labute approximate surface area is 119 Å². The normalized spacial score (nSPS) is 12.2. The number of ether oxygens (including phenoxy) is 1. The number of nitrogens with one attached hydrogen (secondary N) is 1. The number of anilines is 1. The van der Waals surface area contributed by atoms with Gasteiger partial charge in [0.2, 0.25) is 0 Å². The monoisotopic (exact) mass is 273 g/mol. The van der Waals surface area contributed by atoms with Gasteiger partial charge in [-0.05, 0) is 50.6 Å². The van der Waals surface area contributed by atoms with E-state index in [1.807, 2.05) is 51.1 Å². The molecule has 0 heterocycles. The van der Waals surface area contributed by atoms with Gasteiger partial charge < -0.3 is 10.1 Å². The van der Waals surface area contributed by atoms with Gasteiger partial charge in [0.05, 0.1) is 11.8 Å². The van der Waals surface area contributed by atoms with Crippen molar-refractivity contribution >= 4 is 5.69 Å². The largest absolute Gasteiger partial charge is 0.489 e. The zero-order chi connectivity index (χ0) is 14.5. The third-order valence-corrected chi connectivity index (χ3v) is 2.97. The topological polar surface area (TPSA) is 21.3 Å². The molecule has 0 spiro atoms. The van der Waals surface area contributed by atoms with Crippen LogP contribution in [0.2, 0.25) is 0 Å². The summed E-state index contributed by atoms with van der Waals surface area (Å²) in [5, 5.41) is 3.37. The first kappa shape index (κ1) is 14.4. The first-order valence-corrected chi connectivity index (χ1v) is 6.84. The Morgan fingerprint density at radius 3 is 2.45 bits per heavy atom. The molecule has 1 atom stereocenters. The van der Waals surface area contributed by atoms with Crippen LogP contribution in [0.4, 0.5) is 10.1 Å². The van der Waals surface area contributed by atoms with Crippen LogP contribution < -0.4 is 10.1 Å². The first-order chi connectivity index (χ1) is 9.56. The summed E-state index contributed by atoms with van der Waals surface area (Å²) in [5.74, 6) is 0.591. The third-order valence-electron chi connectivity index (χ3n) is 2.97. The lowest BCUT2D eigenvalue weighted by atomic mass is 10.1. The van der Waals surface area contributed by atoms with Crippen molar-refractivity contribution < 1.29 is 9.13 Å². The van der Waals surface area contributed by atoms with Crippen molar-refractivity contribution in [3.63, 3.8) is 0 Å². The first-order valence-electron chi connectivity index (χ1n) is 6.84. The fraction of sp³-hybridized carbons (Fsp3) is 0.294. The molecule has 20 heavy (non-hydrogen) atoms. The molecule has 0 bridgehead atoms. The van der Waals surface area contributed by atoms with Crippen molar-refractivity contribution in [1.29, 1.82) is 0 Å². The van der Waals surface area contributed by atoms with Gasteiger partial charge in [-0.2, -0.15) is 0 Å². The van der Waals surface area contributed by atoms with Gasteiger partial charge in [0.1, 0.15) is 11.6 Å². The van der Waals surface area contributed by atoms with E-state index in [2.05, 4.69) is 5.32 Å². The minimum absolute atomic E-state index is 0.00242. The fourth-order valence-corrected chi connectivity index (χ4v) is 2.04. The van der Waals surface area contributed by atoms with Crippen LogP contribution in [0.5, 0.6) is 5.75 Å². The summed E-state index contributed by atoms with van der Waals surface area (Å²) in [7, 11) is 0. The Kier molecular flexibility index (Phi) is 4.61. The zero-order valence-corrected chi connectivity index (χ0v) is 12.1. The zero-order valence-electron chi connectivity index (χ0n) is 12.1. The molecule has 0 aliphatic carbocycles. The Morgan fingerprint density at radius 2 is 1.75 bits per heavy atom.